The summed E-state index contributed by atoms with van der Waals surface area (Å²) >= 11 is 0. The molecule has 0 unspecified atom stereocenters. The molecule has 3 heteroatoms. The minimum Gasteiger partial charge on any atom is -0.480 e. The SMILES string of the molecule is CC(C)[C@H](Nc1cccc2ccccc12)C(=O)O. The van der Waals surface area contributed by atoms with Crippen molar-refractivity contribution in [2.24, 2.45) is 5.92 Å². The van der Waals surface area contributed by atoms with E-state index < -0.39 is 12.0 Å². The van der Waals surface area contributed by atoms with Crippen molar-refractivity contribution in [3.63, 3.8) is 0 Å². The Morgan fingerprint density at radius 3 is 2.44 bits per heavy atom. The molecule has 0 aliphatic heterocycles. The van der Waals surface area contributed by atoms with Gasteiger partial charge in [-0.3, -0.25) is 0 Å². The highest BCUT2D eigenvalue weighted by Gasteiger charge is 2.21. The van der Waals surface area contributed by atoms with Crippen molar-refractivity contribution in [2.75, 3.05) is 5.32 Å². The highest BCUT2D eigenvalue weighted by molar-refractivity contribution is 5.95. The van der Waals surface area contributed by atoms with Gasteiger partial charge in [-0.25, -0.2) is 4.79 Å². The highest BCUT2D eigenvalue weighted by Crippen LogP contribution is 2.24. The average molecular weight is 243 g/mol. The van der Waals surface area contributed by atoms with Crippen LogP contribution in [0.5, 0.6) is 0 Å². The first-order valence-electron chi connectivity index (χ1n) is 6.06. The minimum absolute atomic E-state index is 0.0291. The molecule has 2 aromatic carbocycles. The second-order valence-electron chi connectivity index (χ2n) is 4.73. The van der Waals surface area contributed by atoms with Crippen molar-refractivity contribution in [3.05, 3.63) is 42.5 Å². The Morgan fingerprint density at radius 2 is 1.78 bits per heavy atom. The molecule has 2 aromatic rings. The number of hydrogen-bond donors (Lipinski definition) is 2. The zero-order valence-corrected chi connectivity index (χ0v) is 10.6. The number of fused-ring (bicyclic) bond motifs is 1. The number of carboxylic acids is 1. The first-order valence-corrected chi connectivity index (χ1v) is 6.06. The quantitative estimate of drug-likeness (QED) is 0.865. The smallest absolute Gasteiger partial charge is 0.326 e. The molecular formula is C15H17NO2. The van der Waals surface area contributed by atoms with Crippen LogP contribution in [-0.4, -0.2) is 17.1 Å². The maximum Gasteiger partial charge on any atom is 0.326 e. The number of carboxylic acid groups (broad SMARTS) is 1. The number of nitrogens with one attached hydrogen (secondary N) is 1. The van der Waals surface area contributed by atoms with Gasteiger partial charge in [0.1, 0.15) is 6.04 Å². The molecule has 94 valence electrons. The Morgan fingerprint density at radius 1 is 1.11 bits per heavy atom. The van der Waals surface area contributed by atoms with E-state index in [1.165, 1.54) is 0 Å². The molecule has 0 aliphatic rings. The van der Waals surface area contributed by atoms with Crippen LogP contribution in [0, 0.1) is 5.92 Å². The third kappa shape index (κ3) is 2.45. The molecule has 2 rings (SSSR count). The van der Waals surface area contributed by atoms with Gasteiger partial charge in [-0.15, -0.1) is 0 Å². The summed E-state index contributed by atoms with van der Waals surface area (Å²) in [6.45, 7) is 3.80. The van der Waals surface area contributed by atoms with Gasteiger partial charge in [0.15, 0.2) is 0 Å². The molecule has 1 atom stereocenters. The van der Waals surface area contributed by atoms with E-state index in [4.69, 9.17) is 0 Å². The van der Waals surface area contributed by atoms with Crippen LogP contribution < -0.4 is 5.32 Å². The number of anilines is 1. The summed E-state index contributed by atoms with van der Waals surface area (Å²) in [5, 5.41) is 14.5. The number of benzene rings is 2. The molecule has 0 bridgehead atoms. The lowest BCUT2D eigenvalue weighted by molar-refractivity contribution is -0.138. The van der Waals surface area contributed by atoms with Gasteiger partial charge in [0.2, 0.25) is 0 Å². The van der Waals surface area contributed by atoms with E-state index >= 15 is 0 Å². The molecule has 0 spiro atoms. The summed E-state index contributed by atoms with van der Waals surface area (Å²) in [5.74, 6) is -0.792. The van der Waals surface area contributed by atoms with Gasteiger partial charge >= 0.3 is 5.97 Å². The molecule has 0 aromatic heterocycles. The number of carbonyl (C=O) groups is 1. The maximum absolute atomic E-state index is 11.2. The lowest BCUT2D eigenvalue weighted by Crippen LogP contribution is -2.34. The molecule has 18 heavy (non-hydrogen) atoms. The average Bonchev–Trinajstić information content (AvgIpc) is 2.35. The zero-order valence-electron chi connectivity index (χ0n) is 10.6. The standard InChI is InChI=1S/C15H17NO2/c1-10(2)14(15(17)18)16-13-9-5-7-11-6-3-4-8-12(11)13/h3-10,14,16H,1-2H3,(H,17,18)/t14-/m0/s1. The van der Waals surface area contributed by atoms with E-state index in [0.29, 0.717) is 0 Å². The van der Waals surface area contributed by atoms with Gasteiger partial charge in [-0.1, -0.05) is 50.2 Å². The van der Waals surface area contributed by atoms with Crippen LogP contribution in [-0.2, 0) is 4.79 Å². The highest BCUT2D eigenvalue weighted by atomic mass is 16.4. The molecule has 0 saturated carbocycles. The van der Waals surface area contributed by atoms with Gasteiger partial charge in [-0.2, -0.15) is 0 Å². The molecule has 0 aliphatic carbocycles. The number of rotatable bonds is 4. The van der Waals surface area contributed by atoms with Crippen molar-refractivity contribution in [1.82, 2.24) is 0 Å². The van der Waals surface area contributed by atoms with Crippen LogP contribution in [0.3, 0.4) is 0 Å². The summed E-state index contributed by atoms with van der Waals surface area (Å²) < 4.78 is 0. The molecule has 0 radical (unpaired) electrons. The fourth-order valence-electron chi connectivity index (χ4n) is 2.03. The summed E-state index contributed by atoms with van der Waals surface area (Å²) in [4.78, 5) is 11.2. The van der Waals surface area contributed by atoms with Crippen molar-refractivity contribution < 1.29 is 9.90 Å². The lowest BCUT2D eigenvalue weighted by atomic mass is 10.0. The summed E-state index contributed by atoms with van der Waals surface area (Å²) in [7, 11) is 0. The Kier molecular flexibility index (Phi) is 3.51. The van der Waals surface area contributed by atoms with Gasteiger partial charge < -0.3 is 10.4 Å². The molecule has 3 nitrogen and oxygen atoms in total. The Bertz CT molecular complexity index is 558. The van der Waals surface area contributed by atoms with Crippen LogP contribution in [0.25, 0.3) is 10.8 Å². The minimum atomic E-state index is -0.821. The molecular weight excluding hydrogens is 226 g/mol. The van der Waals surface area contributed by atoms with E-state index in [9.17, 15) is 9.90 Å². The topological polar surface area (TPSA) is 49.3 Å². The Hall–Kier alpha value is -2.03. The van der Waals surface area contributed by atoms with E-state index in [1.807, 2.05) is 56.3 Å². The predicted octanol–water partition coefficient (Wildman–Crippen LogP) is 3.36. The maximum atomic E-state index is 11.2. The first-order chi connectivity index (χ1) is 8.59. The number of aliphatic carboxylic acids is 1. The molecule has 0 heterocycles. The van der Waals surface area contributed by atoms with Crippen molar-refractivity contribution in [1.29, 1.82) is 0 Å². The second kappa shape index (κ2) is 5.08. The zero-order chi connectivity index (χ0) is 13.1. The summed E-state index contributed by atoms with van der Waals surface area (Å²) in [6.07, 6.45) is 0. The third-order valence-corrected chi connectivity index (χ3v) is 3.03. The Labute approximate surface area is 106 Å². The largest absolute Gasteiger partial charge is 0.480 e. The van der Waals surface area contributed by atoms with Crippen LogP contribution in [0.4, 0.5) is 5.69 Å². The monoisotopic (exact) mass is 243 g/mol. The van der Waals surface area contributed by atoms with Gasteiger partial charge in [0.05, 0.1) is 0 Å². The van der Waals surface area contributed by atoms with Crippen LogP contribution in [0.1, 0.15) is 13.8 Å². The fraction of sp³-hybridized carbons (Fsp3) is 0.267. The van der Waals surface area contributed by atoms with Gasteiger partial charge in [0, 0.05) is 11.1 Å². The van der Waals surface area contributed by atoms with E-state index in [1.54, 1.807) is 0 Å². The van der Waals surface area contributed by atoms with Gasteiger partial charge in [-0.05, 0) is 17.4 Å². The molecule has 0 fully saturated rings. The third-order valence-electron chi connectivity index (χ3n) is 3.03. The predicted molar refractivity (Wildman–Crippen MR) is 73.8 cm³/mol. The van der Waals surface area contributed by atoms with Crippen molar-refractivity contribution in [2.45, 2.75) is 19.9 Å². The first kappa shape index (κ1) is 12.4. The van der Waals surface area contributed by atoms with E-state index in [0.717, 1.165) is 16.5 Å². The van der Waals surface area contributed by atoms with Crippen molar-refractivity contribution >= 4 is 22.4 Å². The lowest BCUT2D eigenvalue weighted by Gasteiger charge is -2.20. The summed E-state index contributed by atoms with van der Waals surface area (Å²) in [5.41, 5.74) is 0.870. The number of hydrogen-bond acceptors (Lipinski definition) is 2. The molecule has 0 amide bonds. The van der Waals surface area contributed by atoms with E-state index in [2.05, 4.69) is 5.32 Å². The summed E-state index contributed by atoms with van der Waals surface area (Å²) in [6, 6.07) is 13.2. The van der Waals surface area contributed by atoms with Gasteiger partial charge in [0.25, 0.3) is 0 Å². The van der Waals surface area contributed by atoms with E-state index in [-0.39, 0.29) is 5.92 Å². The fourth-order valence-corrected chi connectivity index (χ4v) is 2.03. The normalized spacial score (nSPS) is 12.6. The van der Waals surface area contributed by atoms with Crippen LogP contribution in [0.15, 0.2) is 42.5 Å². The Balaban J connectivity index is 2.39. The molecule has 0 saturated heterocycles. The van der Waals surface area contributed by atoms with Crippen LogP contribution >= 0.6 is 0 Å². The molecule has 2 N–H and O–H groups in total. The van der Waals surface area contributed by atoms with Crippen molar-refractivity contribution in [3.8, 4) is 0 Å². The second-order valence-corrected chi connectivity index (χ2v) is 4.73. The van der Waals surface area contributed by atoms with Crippen LogP contribution in [0.2, 0.25) is 0 Å².